The highest BCUT2D eigenvalue weighted by Gasteiger charge is 2.13. The van der Waals surface area contributed by atoms with E-state index in [9.17, 15) is 4.39 Å². The first-order chi connectivity index (χ1) is 8.60. The summed E-state index contributed by atoms with van der Waals surface area (Å²) >= 11 is 7.35. The molecule has 0 spiro atoms. The summed E-state index contributed by atoms with van der Waals surface area (Å²) in [5.74, 6) is 0.496. The third-order valence-electron chi connectivity index (χ3n) is 2.64. The van der Waals surface area contributed by atoms with Crippen molar-refractivity contribution in [3.63, 3.8) is 0 Å². The van der Waals surface area contributed by atoms with Crippen LogP contribution < -0.4 is 10.5 Å². The third-order valence-corrected chi connectivity index (χ3v) is 3.92. The molecule has 0 aliphatic carbocycles. The molecule has 1 aromatic carbocycles. The number of halogens is 2. The second-order valence-corrected chi connectivity index (χ2v) is 5.31. The minimum atomic E-state index is -0.279. The van der Waals surface area contributed by atoms with E-state index in [1.54, 1.807) is 13.2 Å². The predicted octanol–water partition coefficient (Wildman–Crippen LogP) is 3.79. The molecule has 1 unspecified atom stereocenters. The van der Waals surface area contributed by atoms with Crippen LogP contribution in [0.1, 0.15) is 16.5 Å². The average Bonchev–Trinajstić information content (AvgIpc) is 2.82. The van der Waals surface area contributed by atoms with Crippen LogP contribution in [0.2, 0.25) is 5.02 Å². The van der Waals surface area contributed by atoms with Crippen LogP contribution in [-0.4, -0.2) is 7.11 Å². The van der Waals surface area contributed by atoms with Crippen LogP contribution in [0.3, 0.4) is 0 Å². The molecule has 0 bridgehead atoms. The van der Waals surface area contributed by atoms with E-state index in [-0.39, 0.29) is 11.9 Å². The maximum absolute atomic E-state index is 13.6. The Morgan fingerprint density at radius 3 is 2.89 bits per heavy atom. The van der Waals surface area contributed by atoms with Crippen LogP contribution >= 0.6 is 22.9 Å². The smallest absolute Gasteiger partial charge is 0.129 e. The minimum Gasteiger partial charge on any atom is -0.496 e. The Balaban J connectivity index is 2.15. The quantitative estimate of drug-likeness (QED) is 0.927. The number of nitrogens with two attached hydrogens (primary N) is 1. The predicted molar refractivity (Wildman–Crippen MR) is 72.9 cm³/mol. The number of rotatable bonds is 4. The van der Waals surface area contributed by atoms with E-state index in [4.69, 9.17) is 22.1 Å². The largest absolute Gasteiger partial charge is 0.496 e. The Bertz CT molecular complexity index is 544. The van der Waals surface area contributed by atoms with Crippen LogP contribution in [0.5, 0.6) is 5.75 Å². The summed E-state index contributed by atoms with van der Waals surface area (Å²) in [4.78, 5) is 0.964. The first kappa shape index (κ1) is 13.3. The van der Waals surface area contributed by atoms with E-state index in [1.807, 2.05) is 11.4 Å². The lowest BCUT2D eigenvalue weighted by atomic mass is 10.0. The van der Waals surface area contributed by atoms with Gasteiger partial charge < -0.3 is 10.5 Å². The Morgan fingerprint density at radius 1 is 1.44 bits per heavy atom. The second kappa shape index (κ2) is 5.69. The minimum absolute atomic E-state index is 0.258. The van der Waals surface area contributed by atoms with Gasteiger partial charge in [-0.3, -0.25) is 0 Å². The Hall–Kier alpha value is -1.10. The molecule has 0 saturated heterocycles. The summed E-state index contributed by atoms with van der Waals surface area (Å²) in [6, 6.07) is 6.12. The number of benzene rings is 1. The first-order valence-electron chi connectivity index (χ1n) is 5.42. The monoisotopic (exact) mass is 285 g/mol. The van der Waals surface area contributed by atoms with Gasteiger partial charge in [-0.2, -0.15) is 0 Å². The molecule has 0 fully saturated rings. The van der Waals surface area contributed by atoms with Gasteiger partial charge in [0.1, 0.15) is 11.6 Å². The van der Waals surface area contributed by atoms with Gasteiger partial charge in [0.05, 0.1) is 7.11 Å². The Labute approximate surface area is 114 Å². The van der Waals surface area contributed by atoms with Gasteiger partial charge in [0.25, 0.3) is 0 Å². The van der Waals surface area contributed by atoms with Crippen molar-refractivity contribution < 1.29 is 9.13 Å². The number of methoxy groups -OCH3 is 1. The summed E-state index contributed by atoms with van der Waals surface area (Å²) in [6.07, 6.45) is 0.413. The molecule has 0 aliphatic rings. The molecule has 0 amide bonds. The molecule has 1 aromatic heterocycles. The lowest BCUT2D eigenvalue weighted by Crippen LogP contribution is -2.12. The zero-order valence-corrected chi connectivity index (χ0v) is 11.4. The molecular formula is C13H13ClFNOS. The highest BCUT2D eigenvalue weighted by Crippen LogP contribution is 2.28. The van der Waals surface area contributed by atoms with Crippen molar-refractivity contribution in [3.05, 3.63) is 50.9 Å². The molecule has 1 heterocycles. The van der Waals surface area contributed by atoms with Gasteiger partial charge in [-0.1, -0.05) is 11.6 Å². The fourth-order valence-corrected chi connectivity index (χ4v) is 2.73. The molecule has 96 valence electrons. The van der Waals surface area contributed by atoms with E-state index >= 15 is 0 Å². The van der Waals surface area contributed by atoms with Crippen molar-refractivity contribution in [2.75, 3.05) is 7.11 Å². The topological polar surface area (TPSA) is 35.2 Å². The third kappa shape index (κ3) is 3.02. The number of hydrogen-bond donors (Lipinski definition) is 1. The zero-order chi connectivity index (χ0) is 13.1. The lowest BCUT2D eigenvalue weighted by Gasteiger charge is -2.10. The van der Waals surface area contributed by atoms with Crippen molar-refractivity contribution in [2.45, 2.75) is 12.5 Å². The normalized spacial score (nSPS) is 12.4. The van der Waals surface area contributed by atoms with Gasteiger partial charge in [0.2, 0.25) is 0 Å². The van der Waals surface area contributed by atoms with Crippen LogP contribution in [0.4, 0.5) is 4.39 Å². The molecule has 2 N–H and O–H groups in total. The average molecular weight is 286 g/mol. The maximum atomic E-state index is 13.6. The summed E-state index contributed by atoms with van der Waals surface area (Å²) in [7, 11) is 1.61. The van der Waals surface area contributed by atoms with Gasteiger partial charge in [-0.25, -0.2) is 4.39 Å². The van der Waals surface area contributed by atoms with Gasteiger partial charge in [0.15, 0.2) is 0 Å². The van der Waals surface area contributed by atoms with E-state index in [0.29, 0.717) is 17.0 Å². The second-order valence-electron chi connectivity index (χ2n) is 3.94. The first-order valence-corrected chi connectivity index (χ1v) is 6.68. The molecular weight excluding hydrogens is 273 g/mol. The lowest BCUT2D eigenvalue weighted by molar-refractivity contribution is 0.416. The molecule has 2 aromatic rings. The molecule has 18 heavy (non-hydrogen) atoms. The van der Waals surface area contributed by atoms with Crippen LogP contribution in [0.15, 0.2) is 29.6 Å². The van der Waals surface area contributed by atoms with Gasteiger partial charge in [-0.05, 0) is 36.2 Å². The van der Waals surface area contributed by atoms with Crippen LogP contribution in [0.25, 0.3) is 0 Å². The van der Waals surface area contributed by atoms with E-state index in [0.717, 1.165) is 10.6 Å². The highest BCUT2D eigenvalue weighted by atomic mass is 35.5. The van der Waals surface area contributed by atoms with Crippen molar-refractivity contribution in [1.29, 1.82) is 0 Å². The van der Waals surface area contributed by atoms with Crippen LogP contribution in [-0.2, 0) is 6.42 Å². The SMILES string of the molecule is COc1csc(C(N)Cc2cc(Cl)ccc2F)c1. The molecule has 0 aliphatic heterocycles. The van der Waals surface area contributed by atoms with Crippen molar-refractivity contribution in [2.24, 2.45) is 5.73 Å². The molecule has 2 nitrogen and oxygen atoms in total. The van der Waals surface area contributed by atoms with Crippen molar-refractivity contribution in [3.8, 4) is 5.75 Å². The summed E-state index contributed by atoms with van der Waals surface area (Å²) in [6.45, 7) is 0. The number of ether oxygens (including phenoxy) is 1. The van der Waals surface area contributed by atoms with E-state index in [1.165, 1.54) is 23.5 Å². The Kier molecular flexibility index (Phi) is 4.22. The summed E-state index contributed by atoms with van der Waals surface area (Å²) in [5.41, 5.74) is 6.59. The van der Waals surface area contributed by atoms with E-state index < -0.39 is 0 Å². The fourth-order valence-electron chi connectivity index (χ4n) is 1.67. The molecule has 1 atom stereocenters. The van der Waals surface area contributed by atoms with Crippen LogP contribution in [0, 0.1) is 5.82 Å². The molecule has 0 radical (unpaired) electrons. The number of thiophene rings is 1. The molecule has 2 rings (SSSR count). The number of hydrogen-bond acceptors (Lipinski definition) is 3. The van der Waals surface area contributed by atoms with Crippen molar-refractivity contribution in [1.82, 2.24) is 0 Å². The maximum Gasteiger partial charge on any atom is 0.129 e. The van der Waals surface area contributed by atoms with Gasteiger partial charge in [-0.15, -0.1) is 11.3 Å². The highest BCUT2D eigenvalue weighted by molar-refractivity contribution is 7.10. The molecule has 0 saturated carbocycles. The van der Waals surface area contributed by atoms with Gasteiger partial charge >= 0.3 is 0 Å². The fraction of sp³-hybridized carbons (Fsp3) is 0.231. The molecule has 5 heteroatoms. The summed E-state index contributed by atoms with van der Waals surface area (Å²) in [5, 5.41) is 2.39. The van der Waals surface area contributed by atoms with E-state index in [2.05, 4.69) is 0 Å². The zero-order valence-electron chi connectivity index (χ0n) is 9.82. The van der Waals surface area contributed by atoms with Crippen molar-refractivity contribution >= 4 is 22.9 Å². The summed E-state index contributed by atoms with van der Waals surface area (Å²) < 4.78 is 18.7. The van der Waals surface area contributed by atoms with Gasteiger partial charge in [0, 0.05) is 21.3 Å². The Morgan fingerprint density at radius 2 is 2.22 bits per heavy atom. The standard InChI is InChI=1S/C13H13ClFNOS/c1-17-10-6-13(18-7-10)12(16)5-8-4-9(14)2-3-11(8)15/h2-4,6-7,12H,5,16H2,1H3.